The molecule has 1 atom stereocenters. The summed E-state index contributed by atoms with van der Waals surface area (Å²) in [7, 11) is 0. The number of aromatic nitrogens is 1. The second-order valence-electron chi connectivity index (χ2n) is 4.79. The van der Waals surface area contributed by atoms with E-state index in [1.165, 1.54) is 16.7 Å². The van der Waals surface area contributed by atoms with Crippen LogP contribution < -0.4 is 0 Å². The first kappa shape index (κ1) is 11.9. The van der Waals surface area contributed by atoms with Crippen LogP contribution in [0, 0.1) is 13.8 Å². The van der Waals surface area contributed by atoms with Crippen LogP contribution in [-0.4, -0.2) is 9.67 Å². The van der Waals surface area contributed by atoms with E-state index in [4.69, 9.17) is 0 Å². The summed E-state index contributed by atoms with van der Waals surface area (Å²) in [6.07, 6.45) is 3.62. The van der Waals surface area contributed by atoms with Crippen molar-refractivity contribution in [2.45, 2.75) is 33.4 Å². The van der Waals surface area contributed by atoms with Crippen molar-refractivity contribution in [2.75, 3.05) is 0 Å². The van der Waals surface area contributed by atoms with Gasteiger partial charge in [-0.15, -0.1) is 0 Å². The van der Waals surface area contributed by atoms with Gasteiger partial charge in [-0.3, -0.25) is 0 Å². The van der Waals surface area contributed by atoms with E-state index in [1.54, 1.807) is 6.92 Å². The molecule has 0 aliphatic rings. The Kier molecular flexibility index (Phi) is 3.34. The molecule has 0 saturated heterocycles. The first-order chi connectivity index (χ1) is 8.04. The third-order valence-corrected chi connectivity index (χ3v) is 2.90. The minimum Gasteiger partial charge on any atom is -0.389 e. The van der Waals surface area contributed by atoms with Crippen LogP contribution in [0.15, 0.2) is 36.7 Å². The average molecular weight is 229 g/mol. The summed E-state index contributed by atoms with van der Waals surface area (Å²) in [5, 5.41) is 9.48. The van der Waals surface area contributed by atoms with Crippen molar-refractivity contribution >= 4 is 0 Å². The zero-order valence-electron chi connectivity index (χ0n) is 10.6. The maximum absolute atomic E-state index is 9.48. The molecule has 2 rings (SSSR count). The first-order valence-corrected chi connectivity index (χ1v) is 5.95. The minimum atomic E-state index is -0.393. The lowest BCUT2D eigenvalue weighted by atomic mass is 10.1. The number of aliphatic hydroxyl groups excluding tert-OH is 1. The maximum atomic E-state index is 9.48. The topological polar surface area (TPSA) is 25.2 Å². The van der Waals surface area contributed by atoms with E-state index in [9.17, 15) is 5.11 Å². The third-order valence-electron chi connectivity index (χ3n) is 2.90. The van der Waals surface area contributed by atoms with Gasteiger partial charge < -0.3 is 9.67 Å². The fraction of sp³-hybridized carbons (Fsp3) is 0.333. The van der Waals surface area contributed by atoms with Gasteiger partial charge in [0.2, 0.25) is 0 Å². The highest BCUT2D eigenvalue weighted by Gasteiger charge is 2.03. The van der Waals surface area contributed by atoms with Crippen LogP contribution in [0.25, 0.3) is 0 Å². The molecule has 1 heterocycles. The van der Waals surface area contributed by atoms with E-state index in [0.29, 0.717) is 0 Å². The molecule has 0 bridgehead atoms. The Hall–Kier alpha value is -1.54. The van der Waals surface area contributed by atoms with Crippen molar-refractivity contribution < 1.29 is 5.11 Å². The molecule has 1 N–H and O–H groups in total. The highest BCUT2D eigenvalue weighted by molar-refractivity contribution is 5.29. The molecule has 0 radical (unpaired) electrons. The van der Waals surface area contributed by atoms with Crippen molar-refractivity contribution in [1.29, 1.82) is 0 Å². The van der Waals surface area contributed by atoms with Gasteiger partial charge in [-0.25, -0.2) is 0 Å². The van der Waals surface area contributed by atoms with Crippen LogP contribution in [0.3, 0.4) is 0 Å². The van der Waals surface area contributed by atoms with Gasteiger partial charge in [-0.2, -0.15) is 0 Å². The maximum Gasteiger partial charge on any atom is 0.0776 e. The smallest absolute Gasteiger partial charge is 0.0776 e. The van der Waals surface area contributed by atoms with Crippen molar-refractivity contribution in [1.82, 2.24) is 4.57 Å². The molecule has 2 heteroatoms. The van der Waals surface area contributed by atoms with E-state index in [1.807, 2.05) is 18.5 Å². The largest absolute Gasteiger partial charge is 0.389 e. The number of hydrogen-bond donors (Lipinski definition) is 1. The Bertz CT molecular complexity index is 491. The van der Waals surface area contributed by atoms with E-state index in [2.05, 4.69) is 36.6 Å². The second kappa shape index (κ2) is 4.76. The molecule has 0 fully saturated rings. The van der Waals surface area contributed by atoms with Gasteiger partial charge in [0.05, 0.1) is 6.10 Å². The molecule has 0 saturated carbocycles. The summed E-state index contributed by atoms with van der Waals surface area (Å²) >= 11 is 0. The van der Waals surface area contributed by atoms with Crippen LogP contribution in [-0.2, 0) is 6.54 Å². The van der Waals surface area contributed by atoms with Crippen molar-refractivity contribution in [2.24, 2.45) is 0 Å². The number of aliphatic hydroxyl groups is 1. The van der Waals surface area contributed by atoms with Gasteiger partial charge >= 0.3 is 0 Å². The van der Waals surface area contributed by atoms with E-state index < -0.39 is 6.10 Å². The highest BCUT2D eigenvalue weighted by Crippen LogP contribution is 2.15. The van der Waals surface area contributed by atoms with Crippen molar-refractivity contribution in [3.8, 4) is 0 Å². The summed E-state index contributed by atoms with van der Waals surface area (Å²) in [6, 6.07) is 8.55. The molecule has 0 amide bonds. The van der Waals surface area contributed by atoms with Gasteiger partial charge in [-0.05, 0) is 38.0 Å². The van der Waals surface area contributed by atoms with Gasteiger partial charge in [0.25, 0.3) is 0 Å². The quantitative estimate of drug-likeness (QED) is 0.859. The Morgan fingerprint density at radius 3 is 2.35 bits per heavy atom. The fourth-order valence-electron chi connectivity index (χ4n) is 2.18. The molecule has 0 spiro atoms. The van der Waals surface area contributed by atoms with Gasteiger partial charge in [0.15, 0.2) is 0 Å². The summed E-state index contributed by atoms with van der Waals surface area (Å²) in [6.45, 7) is 6.88. The zero-order valence-corrected chi connectivity index (χ0v) is 10.6. The monoisotopic (exact) mass is 229 g/mol. The van der Waals surface area contributed by atoms with Crippen LogP contribution >= 0.6 is 0 Å². The molecule has 2 aromatic rings. The lowest BCUT2D eigenvalue weighted by molar-refractivity contribution is 0.199. The first-order valence-electron chi connectivity index (χ1n) is 5.95. The van der Waals surface area contributed by atoms with Crippen LogP contribution in [0.2, 0.25) is 0 Å². The Morgan fingerprint density at radius 2 is 1.82 bits per heavy atom. The molecule has 0 aliphatic heterocycles. The summed E-state index contributed by atoms with van der Waals surface area (Å²) in [4.78, 5) is 0. The Morgan fingerprint density at radius 1 is 1.18 bits per heavy atom. The highest BCUT2D eigenvalue weighted by atomic mass is 16.3. The van der Waals surface area contributed by atoms with Crippen LogP contribution in [0.5, 0.6) is 0 Å². The summed E-state index contributed by atoms with van der Waals surface area (Å²) in [5.74, 6) is 0. The van der Waals surface area contributed by atoms with E-state index in [0.717, 1.165) is 12.1 Å². The number of rotatable bonds is 3. The predicted molar refractivity (Wildman–Crippen MR) is 70.1 cm³/mol. The molecular weight excluding hydrogens is 210 g/mol. The second-order valence-corrected chi connectivity index (χ2v) is 4.79. The molecular formula is C15H19NO. The summed E-state index contributed by atoms with van der Waals surface area (Å²) < 4.78 is 2.11. The van der Waals surface area contributed by atoms with E-state index in [-0.39, 0.29) is 0 Å². The Balaban J connectivity index is 2.19. The zero-order chi connectivity index (χ0) is 12.4. The van der Waals surface area contributed by atoms with Crippen molar-refractivity contribution in [3.05, 3.63) is 58.9 Å². The molecule has 90 valence electrons. The lowest BCUT2D eigenvalue weighted by Crippen LogP contribution is -1.98. The number of hydrogen-bond acceptors (Lipinski definition) is 1. The molecule has 1 aromatic carbocycles. The van der Waals surface area contributed by atoms with Gasteiger partial charge in [0.1, 0.15) is 0 Å². The lowest BCUT2D eigenvalue weighted by Gasteiger charge is -2.06. The van der Waals surface area contributed by atoms with Crippen molar-refractivity contribution in [3.63, 3.8) is 0 Å². The van der Waals surface area contributed by atoms with Gasteiger partial charge in [-0.1, -0.05) is 29.3 Å². The predicted octanol–water partition coefficient (Wildman–Crippen LogP) is 3.21. The minimum absolute atomic E-state index is 0.393. The molecule has 0 aliphatic carbocycles. The molecule has 2 nitrogen and oxygen atoms in total. The van der Waals surface area contributed by atoms with Gasteiger partial charge in [0, 0.05) is 18.9 Å². The van der Waals surface area contributed by atoms with E-state index >= 15 is 0 Å². The van der Waals surface area contributed by atoms with Crippen LogP contribution in [0.4, 0.5) is 0 Å². The fourth-order valence-corrected chi connectivity index (χ4v) is 2.18. The number of nitrogens with zero attached hydrogens (tertiary/aromatic N) is 1. The number of benzene rings is 1. The Labute approximate surface area is 103 Å². The average Bonchev–Trinajstić information content (AvgIpc) is 2.64. The molecule has 1 aromatic heterocycles. The van der Waals surface area contributed by atoms with Crippen LogP contribution in [0.1, 0.15) is 35.3 Å². The molecule has 1 unspecified atom stereocenters. The number of aryl methyl sites for hydroxylation is 2. The standard InChI is InChI=1S/C15H19NO/c1-11-6-12(2)8-14(7-11)9-16-5-4-15(10-16)13(3)17/h4-8,10,13,17H,9H2,1-3H3. The normalized spacial score (nSPS) is 12.7. The summed E-state index contributed by atoms with van der Waals surface area (Å²) in [5.41, 5.74) is 4.86. The molecule has 17 heavy (non-hydrogen) atoms. The SMILES string of the molecule is Cc1cc(C)cc(Cn2ccc(C(C)O)c2)c1. The third kappa shape index (κ3) is 2.98.